The van der Waals surface area contributed by atoms with Crippen LogP contribution < -0.4 is 9.58 Å². The van der Waals surface area contributed by atoms with Gasteiger partial charge in [0, 0.05) is 12.8 Å². The number of hydrogen-bond acceptors (Lipinski definition) is 5. The summed E-state index contributed by atoms with van der Waals surface area (Å²) in [6.45, 7) is 0.443. The Morgan fingerprint density at radius 3 is 2.70 bits per heavy atom. The molecule has 0 N–H and O–H groups in total. The second-order valence-corrected chi connectivity index (χ2v) is 6.70. The molecule has 0 aliphatic carbocycles. The lowest BCUT2D eigenvalue weighted by atomic mass is 10.3. The van der Waals surface area contributed by atoms with E-state index in [-0.39, 0.29) is 12.2 Å². The molecule has 0 unspecified atom stereocenters. The van der Waals surface area contributed by atoms with E-state index in [2.05, 4.69) is 5.10 Å². The fourth-order valence-electron chi connectivity index (χ4n) is 2.15. The van der Waals surface area contributed by atoms with Crippen LogP contribution in [-0.4, -0.2) is 36.6 Å². The van der Waals surface area contributed by atoms with Gasteiger partial charge >= 0.3 is 5.82 Å². The third-order valence-corrected chi connectivity index (χ3v) is 4.18. The SMILES string of the molecule is CN(/N=C/c1n(CCCS(=O)(=O)[O-])cc[n+]1C)c1ccccc1. The Bertz CT molecular complexity index is 769. The molecular formula is C15H20N4O3S. The Balaban J connectivity index is 2.07. The summed E-state index contributed by atoms with van der Waals surface area (Å²) in [5.74, 6) is 0.450. The Labute approximate surface area is 136 Å². The molecule has 0 amide bonds. The molecule has 8 heteroatoms. The van der Waals surface area contributed by atoms with E-state index < -0.39 is 10.1 Å². The van der Waals surface area contributed by atoms with Gasteiger partial charge in [0.05, 0.1) is 29.4 Å². The fourth-order valence-corrected chi connectivity index (χ4v) is 2.63. The van der Waals surface area contributed by atoms with Crippen LogP contribution in [0, 0.1) is 0 Å². The van der Waals surface area contributed by atoms with Crippen molar-refractivity contribution in [1.82, 2.24) is 4.57 Å². The topological polar surface area (TPSA) is 81.6 Å². The molecule has 1 heterocycles. The van der Waals surface area contributed by atoms with Gasteiger partial charge in [-0.1, -0.05) is 18.2 Å². The van der Waals surface area contributed by atoms with E-state index in [1.165, 1.54) is 0 Å². The third-order valence-electron chi connectivity index (χ3n) is 3.40. The number of para-hydroxylation sites is 1. The van der Waals surface area contributed by atoms with E-state index in [1.807, 2.05) is 66.0 Å². The summed E-state index contributed by atoms with van der Waals surface area (Å²) in [7, 11) is -0.444. The van der Waals surface area contributed by atoms with Crippen molar-refractivity contribution in [3.8, 4) is 0 Å². The maximum Gasteiger partial charge on any atom is 0.301 e. The number of hydrogen-bond donors (Lipinski definition) is 0. The van der Waals surface area contributed by atoms with Crippen molar-refractivity contribution in [2.24, 2.45) is 12.1 Å². The average molecular weight is 336 g/mol. The smallest absolute Gasteiger partial charge is 0.301 e. The Kier molecular flexibility index (Phi) is 5.51. The van der Waals surface area contributed by atoms with Crippen LogP contribution in [0.25, 0.3) is 0 Å². The van der Waals surface area contributed by atoms with Gasteiger partial charge in [0.15, 0.2) is 0 Å². The van der Waals surface area contributed by atoms with Gasteiger partial charge in [0.1, 0.15) is 18.6 Å². The number of imidazole rings is 1. The molecule has 1 aromatic carbocycles. The van der Waals surface area contributed by atoms with Crippen molar-refractivity contribution in [2.45, 2.75) is 13.0 Å². The number of nitrogens with zero attached hydrogens (tertiary/aromatic N) is 4. The second-order valence-electron chi connectivity index (χ2n) is 5.18. The molecule has 0 saturated carbocycles. The van der Waals surface area contributed by atoms with Gasteiger partial charge in [-0.3, -0.25) is 5.01 Å². The first-order valence-corrected chi connectivity index (χ1v) is 8.75. The fraction of sp³-hybridized carbons (Fsp3) is 0.333. The third kappa shape index (κ3) is 5.19. The minimum absolute atomic E-state index is 0.274. The van der Waals surface area contributed by atoms with Crippen LogP contribution in [0.2, 0.25) is 0 Å². The molecular weight excluding hydrogens is 316 g/mol. The number of aromatic nitrogens is 2. The second kappa shape index (κ2) is 7.38. The highest BCUT2D eigenvalue weighted by molar-refractivity contribution is 7.85. The minimum Gasteiger partial charge on any atom is -0.748 e. The normalized spacial score (nSPS) is 12.0. The van der Waals surface area contributed by atoms with Crippen molar-refractivity contribution in [2.75, 3.05) is 17.8 Å². The monoisotopic (exact) mass is 336 g/mol. The lowest BCUT2D eigenvalue weighted by molar-refractivity contribution is -0.671. The van der Waals surface area contributed by atoms with E-state index in [9.17, 15) is 13.0 Å². The Hall–Kier alpha value is -2.19. The molecule has 0 saturated heterocycles. The summed E-state index contributed by atoms with van der Waals surface area (Å²) >= 11 is 0. The van der Waals surface area contributed by atoms with Gasteiger partial charge in [-0.15, -0.1) is 0 Å². The molecule has 23 heavy (non-hydrogen) atoms. The van der Waals surface area contributed by atoms with Gasteiger partial charge < -0.3 is 4.55 Å². The van der Waals surface area contributed by atoms with Crippen LogP contribution in [0.5, 0.6) is 0 Å². The van der Waals surface area contributed by atoms with Gasteiger partial charge in [0.25, 0.3) is 0 Å². The van der Waals surface area contributed by atoms with Crippen LogP contribution in [0.3, 0.4) is 0 Å². The number of rotatable bonds is 7. The molecule has 1 aromatic heterocycles. The zero-order valence-electron chi connectivity index (χ0n) is 13.2. The zero-order valence-corrected chi connectivity index (χ0v) is 14.0. The lowest BCUT2D eigenvalue weighted by Gasteiger charge is -2.11. The van der Waals surface area contributed by atoms with Crippen molar-refractivity contribution < 1.29 is 17.5 Å². The number of benzene rings is 1. The predicted octanol–water partition coefficient (Wildman–Crippen LogP) is 0.718. The zero-order chi connectivity index (χ0) is 16.9. The summed E-state index contributed by atoms with van der Waals surface area (Å²) in [5.41, 5.74) is 0.960. The first kappa shape index (κ1) is 17.2. The molecule has 0 aliphatic rings. The lowest BCUT2D eigenvalue weighted by Crippen LogP contribution is -2.32. The summed E-state index contributed by atoms with van der Waals surface area (Å²) in [5, 5.41) is 6.15. The van der Waals surface area contributed by atoms with E-state index in [0.29, 0.717) is 6.54 Å². The summed E-state index contributed by atoms with van der Waals surface area (Å²) in [6.07, 6.45) is 5.67. The number of hydrazone groups is 1. The van der Waals surface area contributed by atoms with Gasteiger partial charge in [-0.2, -0.15) is 5.10 Å². The van der Waals surface area contributed by atoms with Crippen LogP contribution in [-0.2, 0) is 23.7 Å². The van der Waals surface area contributed by atoms with E-state index >= 15 is 0 Å². The molecule has 0 fully saturated rings. The van der Waals surface area contributed by atoms with Crippen molar-refractivity contribution in [3.05, 3.63) is 48.5 Å². The highest BCUT2D eigenvalue weighted by Crippen LogP contribution is 2.10. The number of anilines is 1. The molecule has 0 bridgehead atoms. The largest absolute Gasteiger partial charge is 0.748 e. The molecule has 0 atom stereocenters. The van der Waals surface area contributed by atoms with E-state index in [4.69, 9.17) is 0 Å². The van der Waals surface area contributed by atoms with Gasteiger partial charge in [0.2, 0.25) is 0 Å². The maximum absolute atomic E-state index is 10.7. The minimum atomic E-state index is -4.17. The van der Waals surface area contributed by atoms with Crippen LogP contribution in [0.15, 0.2) is 47.8 Å². The molecule has 0 aliphatic heterocycles. The quantitative estimate of drug-likeness (QED) is 0.323. The molecule has 0 spiro atoms. The summed E-state index contributed by atoms with van der Waals surface area (Å²) in [6, 6.07) is 9.72. The van der Waals surface area contributed by atoms with Gasteiger partial charge in [-0.05, 0) is 18.6 Å². The molecule has 0 radical (unpaired) electrons. The van der Waals surface area contributed by atoms with E-state index in [1.54, 1.807) is 11.2 Å². The Morgan fingerprint density at radius 2 is 2.04 bits per heavy atom. The van der Waals surface area contributed by atoms with E-state index in [0.717, 1.165) is 11.5 Å². The van der Waals surface area contributed by atoms with Crippen LogP contribution in [0.4, 0.5) is 5.69 Å². The standard InChI is InChI=1S/C15H20N4O3S/c1-17-10-11-19(9-6-12-23(20,21)22)15(17)13-16-18(2)14-7-4-3-5-8-14/h3-5,7-8,10-11,13H,6,9,12H2,1-2H3. The highest BCUT2D eigenvalue weighted by Gasteiger charge is 2.12. The molecule has 7 nitrogen and oxygen atoms in total. The van der Waals surface area contributed by atoms with Crippen molar-refractivity contribution in [3.63, 3.8) is 0 Å². The summed E-state index contributed by atoms with van der Waals surface area (Å²) < 4.78 is 35.8. The van der Waals surface area contributed by atoms with Crippen molar-refractivity contribution in [1.29, 1.82) is 0 Å². The first-order valence-electron chi connectivity index (χ1n) is 7.18. The number of aryl methyl sites for hydroxylation is 2. The average Bonchev–Trinajstić information content (AvgIpc) is 2.85. The van der Waals surface area contributed by atoms with Gasteiger partial charge in [-0.25, -0.2) is 17.6 Å². The summed E-state index contributed by atoms with van der Waals surface area (Å²) in [4.78, 5) is 0. The van der Waals surface area contributed by atoms with Crippen LogP contribution >= 0.6 is 0 Å². The Morgan fingerprint density at radius 1 is 1.35 bits per heavy atom. The molecule has 2 aromatic rings. The van der Waals surface area contributed by atoms with Crippen molar-refractivity contribution >= 4 is 22.0 Å². The molecule has 124 valence electrons. The molecule has 2 rings (SSSR count). The highest BCUT2D eigenvalue weighted by atomic mass is 32.2. The predicted molar refractivity (Wildman–Crippen MR) is 87.2 cm³/mol. The maximum atomic E-state index is 10.7. The van der Waals surface area contributed by atoms with Crippen LogP contribution in [0.1, 0.15) is 12.2 Å². The first-order chi connectivity index (χ1) is 10.9.